The Morgan fingerprint density at radius 3 is 2.59 bits per heavy atom. The summed E-state index contributed by atoms with van der Waals surface area (Å²) in [4.78, 5) is 26.8. The van der Waals surface area contributed by atoms with Crippen LogP contribution in [0.15, 0.2) is 51.8 Å². The molecule has 2 aromatic rings. The van der Waals surface area contributed by atoms with Gasteiger partial charge in [-0.05, 0) is 83.4 Å². The summed E-state index contributed by atoms with van der Waals surface area (Å²) in [6.45, 7) is 6.19. The predicted octanol–water partition coefficient (Wildman–Crippen LogP) is 5.78. The molecule has 1 saturated heterocycles. The Labute approximate surface area is 171 Å². The highest BCUT2D eigenvalue weighted by Gasteiger charge is 2.35. The van der Waals surface area contributed by atoms with Crippen molar-refractivity contribution in [3.8, 4) is 5.75 Å². The lowest BCUT2D eigenvalue weighted by Crippen LogP contribution is -2.27. The molecule has 4 nitrogen and oxygen atoms in total. The van der Waals surface area contributed by atoms with Crippen molar-refractivity contribution in [2.75, 3.05) is 0 Å². The van der Waals surface area contributed by atoms with Gasteiger partial charge in [-0.1, -0.05) is 30.3 Å². The van der Waals surface area contributed by atoms with Gasteiger partial charge in [0.15, 0.2) is 0 Å². The minimum atomic E-state index is -0.258. The molecule has 0 bridgehead atoms. The minimum Gasteiger partial charge on any atom is -0.490 e. The van der Waals surface area contributed by atoms with E-state index in [9.17, 15) is 9.59 Å². The van der Waals surface area contributed by atoms with Crippen LogP contribution in [0, 0.1) is 6.92 Å². The number of rotatable bonds is 5. The van der Waals surface area contributed by atoms with Gasteiger partial charge in [-0.15, -0.1) is 0 Å². The minimum absolute atomic E-state index is 0.0742. The Kier molecular flexibility index (Phi) is 6.07. The maximum atomic E-state index is 12.7. The molecule has 0 saturated carbocycles. The predicted molar refractivity (Wildman–Crippen MR) is 113 cm³/mol. The average molecular weight is 446 g/mol. The second-order valence-corrected chi connectivity index (χ2v) is 8.40. The zero-order valence-electron chi connectivity index (χ0n) is 15.4. The largest absolute Gasteiger partial charge is 0.490 e. The van der Waals surface area contributed by atoms with Gasteiger partial charge in [0.05, 0.1) is 22.0 Å². The second-order valence-electron chi connectivity index (χ2n) is 6.55. The molecule has 1 fully saturated rings. The van der Waals surface area contributed by atoms with Gasteiger partial charge in [0.2, 0.25) is 0 Å². The molecule has 1 aliphatic heterocycles. The van der Waals surface area contributed by atoms with Crippen LogP contribution in [-0.4, -0.2) is 22.2 Å². The van der Waals surface area contributed by atoms with Crippen LogP contribution in [0.2, 0.25) is 0 Å². The van der Waals surface area contributed by atoms with Gasteiger partial charge in [0.1, 0.15) is 5.75 Å². The van der Waals surface area contributed by atoms with Crippen LogP contribution in [0.5, 0.6) is 5.75 Å². The SMILES string of the molecule is Cc1ccccc1CN1C(=O)S/C(=C\c2ccc(OC(C)C)c(Br)c2)C1=O. The lowest BCUT2D eigenvalue weighted by molar-refractivity contribution is -0.123. The molecule has 0 N–H and O–H groups in total. The average Bonchev–Trinajstić information content (AvgIpc) is 2.86. The maximum Gasteiger partial charge on any atom is 0.293 e. The molecule has 2 aromatic carbocycles. The molecule has 0 aliphatic carbocycles. The van der Waals surface area contributed by atoms with Gasteiger partial charge in [-0.3, -0.25) is 14.5 Å². The van der Waals surface area contributed by atoms with Crippen LogP contribution in [0.1, 0.15) is 30.5 Å². The summed E-state index contributed by atoms with van der Waals surface area (Å²) in [7, 11) is 0. The Balaban J connectivity index is 1.80. The number of amides is 2. The fourth-order valence-electron chi connectivity index (χ4n) is 2.70. The molecule has 0 atom stereocenters. The fourth-order valence-corrected chi connectivity index (χ4v) is 4.03. The van der Waals surface area contributed by atoms with Gasteiger partial charge in [0.25, 0.3) is 11.1 Å². The van der Waals surface area contributed by atoms with Crippen molar-refractivity contribution < 1.29 is 14.3 Å². The molecule has 0 spiro atoms. The van der Waals surface area contributed by atoms with Crippen LogP contribution in [0.4, 0.5) is 4.79 Å². The highest BCUT2D eigenvalue weighted by atomic mass is 79.9. The van der Waals surface area contributed by atoms with Crippen LogP contribution in [0.3, 0.4) is 0 Å². The Morgan fingerprint density at radius 2 is 1.93 bits per heavy atom. The zero-order valence-corrected chi connectivity index (χ0v) is 17.8. The number of nitrogens with zero attached hydrogens (tertiary/aromatic N) is 1. The molecule has 6 heteroatoms. The monoisotopic (exact) mass is 445 g/mol. The van der Waals surface area contributed by atoms with Crippen molar-refractivity contribution in [3.05, 3.63) is 68.5 Å². The van der Waals surface area contributed by atoms with Crippen molar-refractivity contribution in [2.24, 2.45) is 0 Å². The molecule has 1 heterocycles. The van der Waals surface area contributed by atoms with Crippen molar-refractivity contribution in [2.45, 2.75) is 33.4 Å². The number of hydrogen-bond acceptors (Lipinski definition) is 4. The normalized spacial score (nSPS) is 15.9. The molecular weight excluding hydrogens is 426 g/mol. The lowest BCUT2D eigenvalue weighted by atomic mass is 10.1. The van der Waals surface area contributed by atoms with E-state index in [1.165, 1.54) is 4.90 Å². The number of thioether (sulfide) groups is 1. The quantitative estimate of drug-likeness (QED) is 0.547. The third-order valence-electron chi connectivity index (χ3n) is 4.08. The fraction of sp³-hybridized carbons (Fsp3) is 0.238. The Morgan fingerprint density at radius 1 is 1.19 bits per heavy atom. The first-order valence-corrected chi connectivity index (χ1v) is 10.2. The summed E-state index contributed by atoms with van der Waals surface area (Å²) in [5.41, 5.74) is 2.86. The number of aryl methyl sites for hydroxylation is 1. The van der Waals surface area contributed by atoms with Gasteiger partial charge in [0, 0.05) is 0 Å². The van der Waals surface area contributed by atoms with Crippen LogP contribution < -0.4 is 4.74 Å². The van der Waals surface area contributed by atoms with E-state index in [4.69, 9.17) is 4.74 Å². The molecular formula is C21H20BrNO3S. The topological polar surface area (TPSA) is 46.6 Å². The summed E-state index contributed by atoms with van der Waals surface area (Å²) in [6.07, 6.45) is 1.82. The first-order chi connectivity index (χ1) is 12.8. The van der Waals surface area contributed by atoms with E-state index in [1.807, 2.05) is 63.2 Å². The lowest BCUT2D eigenvalue weighted by Gasteiger charge is -2.14. The molecule has 0 unspecified atom stereocenters. The van der Waals surface area contributed by atoms with E-state index in [0.717, 1.165) is 38.7 Å². The van der Waals surface area contributed by atoms with Gasteiger partial charge >= 0.3 is 0 Å². The number of ether oxygens (including phenoxy) is 1. The molecule has 3 rings (SSSR count). The van der Waals surface area contributed by atoms with Crippen molar-refractivity contribution in [1.82, 2.24) is 4.90 Å². The highest BCUT2D eigenvalue weighted by Crippen LogP contribution is 2.35. The van der Waals surface area contributed by atoms with E-state index in [0.29, 0.717) is 11.4 Å². The summed E-state index contributed by atoms with van der Waals surface area (Å²) in [6, 6.07) is 13.4. The number of hydrogen-bond donors (Lipinski definition) is 0. The van der Waals surface area contributed by atoms with Gasteiger partial charge in [-0.2, -0.15) is 0 Å². The molecule has 0 aromatic heterocycles. The standard InChI is InChI=1S/C21H20BrNO3S/c1-13(2)26-18-9-8-15(10-17(18)22)11-19-20(24)23(21(25)27-19)12-16-7-5-4-6-14(16)3/h4-11,13H,12H2,1-3H3/b19-11-. The van der Waals surface area contributed by atoms with Crippen LogP contribution >= 0.6 is 27.7 Å². The van der Waals surface area contributed by atoms with E-state index in [1.54, 1.807) is 6.08 Å². The van der Waals surface area contributed by atoms with E-state index >= 15 is 0 Å². The highest BCUT2D eigenvalue weighted by molar-refractivity contribution is 9.10. The van der Waals surface area contributed by atoms with Crippen molar-refractivity contribution >= 4 is 44.9 Å². The third kappa shape index (κ3) is 4.62. The molecule has 1 aliphatic rings. The summed E-state index contributed by atoms with van der Waals surface area (Å²) >= 11 is 4.47. The summed E-state index contributed by atoms with van der Waals surface area (Å²) in [5, 5.41) is -0.242. The van der Waals surface area contributed by atoms with Crippen LogP contribution in [0.25, 0.3) is 6.08 Å². The number of halogens is 1. The Bertz CT molecular complexity index is 923. The third-order valence-corrected chi connectivity index (χ3v) is 5.61. The smallest absolute Gasteiger partial charge is 0.293 e. The van der Waals surface area contributed by atoms with Crippen molar-refractivity contribution in [3.63, 3.8) is 0 Å². The summed E-state index contributed by atoms with van der Waals surface area (Å²) in [5.74, 6) is 0.488. The number of carbonyl (C=O) groups is 2. The van der Waals surface area contributed by atoms with E-state index in [2.05, 4.69) is 15.9 Å². The number of imide groups is 1. The maximum absolute atomic E-state index is 12.7. The number of benzene rings is 2. The Hall–Kier alpha value is -2.05. The van der Waals surface area contributed by atoms with Gasteiger partial charge < -0.3 is 4.74 Å². The summed E-state index contributed by atoms with van der Waals surface area (Å²) < 4.78 is 6.51. The molecule has 140 valence electrons. The molecule has 0 radical (unpaired) electrons. The van der Waals surface area contributed by atoms with Crippen molar-refractivity contribution in [1.29, 1.82) is 0 Å². The zero-order chi connectivity index (χ0) is 19.6. The first-order valence-electron chi connectivity index (χ1n) is 8.61. The second kappa shape index (κ2) is 8.31. The van der Waals surface area contributed by atoms with E-state index in [-0.39, 0.29) is 17.3 Å². The van der Waals surface area contributed by atoms with E-state index < -0.39 is 0 Å². The van der Waals surface area contributed by atoms with Gasteiger partial charge in [-0.25, -0.2) is 0 Å². The van der Waals surface area contributed by atoms with Crippen LogP contribution in [-0.2, 0) is 11.3 Å². The number of carbonyl (C=O) groups excluding carboxylic acids is 2. The first kappa shape index (κ1) is 19.7. The molecule has 2 amide bonds. The molecule has 27 heavy (non-hydrogen) atoms.